The third kappa shape index (κ3) is 5.82. The lowest BCUT2D eigenvalue weighted by molar-refractivity contribution is -0.146. The van der Waals surface area contributed by atoms with Crippen LogP contribution in [0.5, 0.6) is 11.5 Å². The Bertz CT molecular complexity index is 2410. The molecule has 268 valence electrons. The van der Waals surface area contributed by atoms with E-state index in [1.165, 1.54) is 0 Å². The van der Waals surface area contributed by atoms with Gasteiger partial charge in [-0.2, -0.15) is 5.10 Å². The molecule has 8 rings (SSSR count). The minimum Gasteiger partial charge on any atom is -0.497 e. The maximum absolute atomic E-state index is 15.1. The molecule has 0 radical (unpaired) electrons. The summed E-state index contributed by atoms with van der Waals surface area (Å²) in [6.07, 6.45) is 1.94. The molecule has 11 heteroatoms. The minimum absolute atomic E-state index is 0.473. The molecule has 2 unspecified atom stereocenters. The largest absolute Gasteiger partial charge is 0.497 e. The summed E-state index contributed by atoms with van der Waals surface area (Å²) >= 11 is 12.9. The zero-order valence-corrected chi connectivity index (χ0v) is 30.6. The van der Waals surface area contributed by atoms with E-state index in [4.69, 9.17) is 37.8 Å². The molecule has 1 saturated heterocycles. The Morgan fingerprint density at radius 2 is 1.19 bits per heavy atom. The van der Waals surface area contributed by atoms with Crippen molar-refractivity contribution in [3.63, 3.8) is 0 Å². The van der Waals surface area contributed by atoms with E-state index >= 15 is 9.59 Å². The quantitative estimate of drug-likeness (QED) is 0.158. The second kappa shape index (κ2) is 14.0. The van der Waals surface area contributed by atoms with Crippen LogP contribution >= 0.6 is 23.2 Å². The molecule has 9 nitrogen and oxygen atoms in total. The molecule has 54 heavy (non-hydrogen) atoms. The fourth-order valence-electron chi connectivity index (χ4n) is 7.76. The third-order valence-corrected chi connectivity index (χ3v) is 10.6. The number of barbiturate groups is 1. The van der Waals surface area contributed by atoms with Gasteiger partial charge in [0.15, 0.2) is 5.41 Å². The molecular weight excluding hydrogens is 723 g/mol. The van der Waals surface area contributed by atoms with Gasteiger partial charge in [-0.05, 0) is 101 Å². The summed E-state index contributed by atoms with van der Waals surface area (Å²) in [6, 6.07) is 37.9. The molecule has 1 aliphatic heterocycles. The van der Waals surface area contributed by atoms with E-state index in [0.29, 0.717) is 55.2 Å². The third-order valence-electron chi connectivity index (χ3n) is 10.1. The molecule has 1 fully saturated rings. The van der Waals surface area contributed by atoms with Crippen molar-refractivity contribution in [2.24, 2.45) is 5.41 Å². The molecule has 2 atom stereocenters. The highest BCUT2D eigenvalue weighted by Crippen LogP contribution is 2.63. The number of nitrogens with zero attached hydrogens (tertiary/aromatic N) is 2. The average molecular weight is 756 g/mol. The highest BCUT2D eigenvalue weighted by molar-refractivity contribution is 6.31. The van der Waals surface area contributed by atoms with E-state index in [1.807, 2.05) is 102 Å². The smallest absolute Gasteiger partial charge is 0.328 e. The van der Waals surface area contributed by atoms with Crippen molar-refractivity contribution in [1.29, 1.82) is 0 Å². The topological polar surface area (TPSA) is 112 Å². The first-order valence-electron chi connectivity index (χ1n) is 17.1. The number of aromatic nitrogens is 2. The molecule has 1 spiro atoms. The van der Waals surface area contributed by atoms with Crippen molar-refractivity contribution in [3.05, 3.63) is 165 Å². The van der Waals surface area contributed by atoms with Crippen LogP contribution in [-0.2, 0) is 9.59 Å². The van der Waals surface area contributed by atoms with Crippen molar-refractivity contribution in [2.75, 3.05) is 14.2 Å². The Balaban J connectivity index is 1.58. The summed E-state index contributed by atoms with van der Waals surface area (Å²) in [4.78, 5) is 43.1. The molecule has 1 aliphatic carbocycles. The number of amides is 4. The number of hydrogen-bond acceptors (Lipinski definition) is 6. The van der Waals surface area contributed by atoms with E-state index in [0.717, 1.165) is 16.8 Å². The lowest BCUT2D eigenvalue weighted by atomic mass is 9.52. The zero-order valence-electron chi connectivity index (χ0n) is 29.0. The zero-order chi connectivity index (χ0) is 37.6. The average Bonchev–Trinajstić information content (AvgIpc) is 3.59. The van der Waals surface area contributed by atoms with Crippen LogP contribution in [0.4, 0.5) is 4.79 Å². The molecular formula is C43H32Cl2N4O5. The van der Waals surface area contributed by atoms with Crippen LogP contribution in [0.25, 0.3) is 28.6 Å². The van der Waals surface area contributed by atoms with Gasteiger partial charge in [-0.3, -0.25) is 20.2 Å². The second-order valence-electron chi connectivity index (χ2n) is 13.0. The first kappa shape index (κ1) is 34.9. The molecule has 2 heterocycles. The summed E-state index contributed by atoms with van der Waals surface area (Å²) in [7, 11) is 3.19. The highest BCUT2D eigenvalue weighted by Gasteiger charge is 2.66. The van der Waals surface area contributed by atoms with Gasteiger partial charge < -0.3 is 9.47 Å². The van der Waals surface area contributed by atoms with Gasteiger partial charge in [-0.25, -0.2) is 9.48 Å². The van der Waals surface area contributed by atoms with E-state index in [1.54, 1.807) is 50.6 Å². The van der Waals surface area contributed by atoms with Crippen molar-refractivity contribution in [3.8, 4) is 28.4 Å². The van der Waals surface area contributed by atoms with Crippen molar-refractivity contribution < 1.29 is 23.9 Å². The number of nitrogens with one attached hydrogen (secondary N) is 2. The molecule has 5 aromatic carbocycles. The van der Waals surface area contributed by atoms with Gasteiger partial charge >= 0.3 is 6.03 Å². The first-order chi connectivity index (χ1) is 26.2. The van der Waals surface area contributed by atoms with Crippen LogP contribution < -0.4 is 20.1 Å². The van der Waals surface area contributed by atoms with E-state index in [9.17, 15) is 4.79 Å². The number of carbonyl (C=O) groups is 3. The first-order valence-corrected chi connectivity index (χ1v) is 17.8. The second-order valence-corrected chi connectivity index (χ2v) is 13.9. The SMILES string of the molecule is COc1ccc(/C=C2\c3nn(-c4ccccc4)c(-c4ccc(OC)cc4)c3C(c3ccc(Cl)cc3)C3(C(=O)NC(=O)NC3=O)C2c2ccc(Cl)cc2)cc1. The minimum atomic E-state index is -1.98. The van der Waals surface area contributed by atoms with Gasteiger partial charge in [0.2, 0.25) is 11.8 Å². The number of methoxy groups -OCH3 is 2. The van der Waals surface area contributed by atoms with Gasteiger partial charge in [-0.15, -0.1) is 0 Å². The van der Waals surface area contributed by atoms with Crippen LogP contribution in [0.15, 0.2) is 127 Å². The summed E-state index contributed by atoms with van der Waals surface area (Å²) in [6.45, 7) is 0. The molecule has 0 bridgehead atoms. The summed E-state index contributed by atoms with van der Waals surface area (Å²) < 4.78 is 12.8. The van der Waals surface area contributed by atoms with E-state index in [-0.39, 0.29) is 0 Å². The van der Waals surface area contributed by atoms with E-state index < -0.39 is 35.1 Å². The monoisotopic (exact) mass is 754 g/mol. The maximum atomic E-state index is 15.1. The number of ether oxygens (including phenoxy) is 2. The van der Waals surface area contributed by atoms with Crippen LogP contribution in [0, 0.1) is 5.41 Å². The number of hydrogen-bond donors (Lipinski definition) is 2. The number of imide groups is 2. The van der Waals surface area contributed by atoms with Crippen LogP contribution in [0.3, 0.4) is 0 Å². The molecule has 1 aromatic heterocycles. The number of carbonyl (C=O) groups excluding carboxylic acids is 3. The van der Waals surface area contributed by atoms with Gasteiger partial charge in [0, 0.05) is 33.0 Å². The molecule has 6 aromatic rings. The van der Waals surface area contributed by atoms with Gasteiger partial charge in [-0.1, -0.05) is 77.8 Å². The summed E-state index contributed by atoms with van der Waals surface area (Å²) in [5.41, 5.74) is 3.91. The number of rotatable bonds is 7. The normalized spacial score (nSPS) is 18.2. The fourth-order valence-corrected chi connectivity index (χ4v) is 8.01. The van der Waals surface area contributed by atoms with Gasteiger partial charge in [0.25, 0.3) is 0 Å². The Hall–Kier alpha value is -6.16. The number of para-hydroxylation sites is 1. The Kier molecular flexibility index (Phi) is 9.05. The number of halogens is 2. The van der Waals surface area contributed by atoms with Crippen molar-refractivity contribution >= 4 is 52.7 Å². The lowest BCUT2D eigenvalue weighted by Crippen LogP contribution is -2.67. The van der Waals surface area contributed by atoms with Crippen molar-refractivity contribution in [2.45, 2.75) is 11.8 Å². The predicted molar refractivity (Wildman–Crippen MR) is 208 cm³/mol. The highest BCUT2D eigenvalue weighted by atomic mass is 35.5. The Morgan fingerprint density at radius 1 is 0.667 bits per heavy atom. The standard InChI is InChI=1S/C43H32Cl2N4O5/c1-53-32-20-8-25(9-21-32)24-34-36(26-10-16-29(44)17-11-26)43(40(50)46-42(52)47-41(43)51)37(27-12-18-30(45)19-13-27)35-38(34)48-49(31-6-4-3-5-7-31)39(35)28-14-22-33(54-2)23-15-28/h3-24,36-37H,1-2H3,(H2,46,47,50,51,52)/b34-24-. The Morgan fingerprint density at radius 3 is 1.72 bits per heavy atom. The fraction of sp³-hybridized carbons (Fsp3) is 0.116. The van der Waals surface area contributed by atoms with Crippen molar-refractivity contribution in [1.82, 2.24) is 20.4 Å². The predicted octanol–water partition coefficient (Wildman–Crippen LogP) is 8.69. The van der Waals surface area contributed by atoms with E-state index in [2.05, 4.69) is 10.6 Å². The summed E-state index contributed by atoms with van der Waals surface area (Å²) in [5.74, 6) is -2.18. The number of fused-ring (bicyclic) bond motifs is 1. The van der Waals surface area contributed by atoms with Crippen LogP contribution in [0.1, 0.15) is 39.8 Å². The number of urea groups is 1. The molecule has 2 N–H and O–H groups in total. The lowest BCUT2D eigenvalue weighted by Gasteiger charge is -2.49. The van der Waals surface area contributed by atoms with Gasteiger partial charge in [0.1, 0.15) is 11.5 Å². The van der Waals surface area contributed by atoms with Gasteiger partial charge in [0.05, 0.1) is 31.3 Å². The molecule has 2 aliphatic rings. The Labute approximate surface area is 321 Å². The number of benzene rings is 5. The molecule has 4 amide bonds. The summed E-state index contributed by atoms with van der Waals surface area (Å²) in [5, 5.41) is 11.3. The number of allylic oxidation sites excluding steroid dienone is 1. The molecule has 0 saturated carbocycles. The van der Waals surface area contributed by atoms with Crippen LogP contribution in [0.2, 0.25) is 10.0 Å². The maximum Gasteiger partial charge on any atom is 0.328 e. The van der Waals surface area contributed by atoms with Crippen LogP contribution in [-0.4, -0.2) is 41.8 Å².